The van der Waals surface area contributed by atoms with Gasteiger partial charge >= 0.3 is 0 Å². The number of amides is 1. The van der Waals surface area contributed by atoms with E-state index < -0.39 is 0 Å². The predicted octanol–water partition coefficient (Wildman–Crippen LogP) is 4.86. The summed E-state index contributed by atoms with van der Waals surface area (Å²) >= 11 is 6.53. The number of rotatable bonds is 5. The summed E-state index contributed by atoms with van der Waals surface area (Å²) in [6.45, 7) is 2.32. The first kappa shape index (κ1) is 22.4. The Morgan fingerprint density at radius 2 is 1.74 bits per heavy atom. The first-order chi connectivity index (χ1) is 16.6. The van der Waals surface area contributed by atoms with E-state index in [9.17, 15) is 4.79 Å². The van der Waals surface area contributed by atoms with E-state index in [0.717, 1.165) is 46.5 Å². The molecule has 3 aromatic carbocycles. The molecule has 7 heteroatoms. The molecule has 2 heterocycles. The van der Waals surface area contributed by atoms with Crippen molar-refractivity contribution >= 4 is 34.6 Å². The van der Waals surface area contributed by atoms with Gasteiger partial charge in [-0.15, -0.1) is 0 Å². The molecule has 0 spiro atoms. The average molecular weight is 478 g/mol. The lowest BCUT2D eigenvalue weighted by molar-refractivity contribution is -0.120. The Bertz CT molecular complexity index is 1200. The zero-order valence-electron chi connectivity index (χ0n) is 19.3. The van der Waals surface area contributed by atoms with Crippen LogP contribution in [0.4, 0.5) is 17.1 Å². The molecule has 6 nitrogen and oxygen atoms in total. The minimum atomic E-state index is -0.225. The number of piperazine rings is 1. The maximum Gasteiger partial charge on any atom is 0.229 e. The Morgan fingerprint density at radius 3 is 2.53 bits per heavy atom. The zero-order valence-corrected chi connectivity index (χ0v) is 20.1. The first-order valence-corrected chi connectivity index (χ1v) is 11.8. The lowest BCUT2D eigenvalue weighted by Gasteiger charge is -2.49. The molecule has 1 fully saturated rings. The Kier molecular flexibility index (Phi) is 6.24. The molecule has 2 unspecified atom stereocenters. The molecule has 5 rings (SSSR count). The fraction of sp³-hybridized carbons (Fsp3) is 0.296. The fourth-order valence-corrected chi connectivity index (χ4v) is 5.32. The number of nitrogens with one attached hydrogen (secondary N) is 1. The second kappa shape index (κ2) is 9.47. The van der Waals surface area contributed by atoms with Crippen LogP contribution in [0.25, 0.3) is 0 Å². The van der Waals surface area contributed by atoms with Gasteiger partial charge in [-0.3, -0.25) is 4.79 Å². The molecule has 2 atom stereocenters. The number of carbonyl (C=O) groups excluding carboxylic acids is 1. The molecule has 176 valence electrons. The Labute approximate surface area is 205 Å². The summed E-state index contributed by atoms with van der Waals surface area (Å²) in [7, 11) is 3.30. The van der Waals surface area contributed by atoms with Crippen LogP contribution in [0, 0.1) is 5.92 Å². The highest BCUT2D eigenvalue weighted by atomic mass is 35.5. The summed E-state index contributed by atoms with van der Waals surface area (Å²) in [6.07, 6.45) is 0.659. The van der Waals surface area contributed by atoms with E-state index >= 15 is 0 Å². The smallest absolute Gasteiger partial charge is 0.229 e. The van der Waals surface area contributed by atoms with Crippen LogP contribution < -0.4 is 24.6 Å². The fourth-order valence-electron chi connectivity index (χ4n) is 5.07. The monoisotopic (exact) mass is 477 g/mol. The maximum absolute atomic E-state index is 13.6. The SMILES string of the molecule is COc1cccc(NC(=O)C2Cc3ccc(OC)cc3N3CCN(c4ccccc4Cl)CC23)c1. The Hall–Kier alpha value is -3.38. The molecule has 34 heavy (non-hydrogen) atoms. The van der Waals surface area contributed by atoms with E-state index in [0.29, 0.717) is 18.7 Å². The highest BCUT2D eigenvalue weighted by Crippen LogP contribution is 2.40. The lowest BCUT2D eigenvalue weighted by atomic mass is 9.83. The number of ether oxygens (including phenoxy) is 2. The van der Waals surface area contributed by atoms with Crippen LogP contribution in [-0.4, -0.2) is 45.8 Å². The number of halogens is 1. The van der Waals surface area contributed by atoms with Crippen LogP contribution >= 0.6 is 11.6 Å². The number of fused-ring (bicyclic) bond motifs is 3. The van der Waals surface area contributed by atoms with Crippen LogP contribution in [0.1, 0.15) is 5.56 Å². The molecule has 0 bridgehead atoms. The normalized spacial score (nSPS) is 19.1. The molecule has 0 aromatic heterocycles. The van der Waals surface area contributed by atoms with Gasteiger partial charge < -0.3 is 24.6 Å². The van der Waals surface area contributed by atoms with Gasteiger partial charge in [-0.05, 0) is 42.3 Å². The number of nitrogens with zero attached hydrogens (tertiary/aromatic N) is 2. The Balaban J connectivity index is 1.47. The first-order valence-electron chi connectivity index (χ1n) is 11.5. The molecule has 1 N–H and O–H groups in total. The predicted molar refractivity (Wildman–Crippen MR) is 137 cm³/mol. The molecule has 2 aliphatic rings. The number of methoxy groups -OCH3 is 2. The van der Waals surface area contributed by atoms with Crippen molar-refractivity contribution in [3.63, 3.8) is 0 Å². The van der Waals surface area contributed by atoms with E-state index in [1.165, 1.54) is 0 Å². The summed E-state index contributed by atoms with van der Waals surface area (Å²) in [5.41, 5.74) is 4.05. The minimum Gasteiger partial charge on any atom is -0.497 e. The summed E-state index contributed by atoms with van der Waals surface area (Å²) in [4.78, 5) is 18.3. The topological polar surface area (TPSA) is 54.0 Å². The maximum atomic E-state index is 13.6. The highest BCUT2D eigenvalue weighted by Gasteiger charge is 2.42. The van der Waals surface area contributed by atoms with E-state index in [1.807, 2.05) is 54.6 Å². The quantitative estimate of drug-likeness (QED) is 0.568. The Morgan fingerprint density at radius 1 is 0.941 bits per heavy atom. The van der Waals surface area contributed by atoms with Gasteiger partial charge in [0, 0.05) is 43.1 Å². The van der Waals surface area contributed by atoms with Crippen molar-refractivity contribution in [2.45, 2.75) is 12.5 Å². The number of benzene rings is 3. The van der Waals surface area contributed by atoms with Gasteiger partial charge in [0.2, 0.25) is 5.91 Å². The lowest BCUT2D eigenvalue weighted by Crippen LogP contribution is -2.60. The van der Waals surface area contributed by atoms with Gasteiger partial charge in [-0.2, -0.15) is 0 Å². The molecular weight excluding hydrogens is 450 g/mol. The number of anilines is 3. The second-order valence-corrected chi connectivity index (χ2v) is 9.09. The molecule has 2 aliphatic heterocycles. The second-order valence-electron chi connectivity index (χ2n) is 8.68. The van der Waals surface area contributed by atoms with Gasteiger partial charge in [-0.25, -0.2) is 0 Å². The average Bonchev–Trinajstić information content (AvgIpc) is 2.88. The van der Waals surface area contributed by atoms with Gasteiger partial charge in [0.1, 0.15) is 11.5 Å². The van der Waals surface area contributed by atoms with Crippen molar-refractivity contribution in [2.75, 3.05) is 49.0 Å². The summed E-state index contributed by atoms with van der Waals surface area (Å²) < 4.78 is 10.8. The molecule has 0 aliphatic carbocycles. The van der Waals surface area contributed by atoms with Crippen LogP contribution in [-0.2, 0) is 11.2 Å². The molecular formula is C27H28ClN3O3. The van der Waals surface area contributed by atoms with Crippen LogP contribution in [0.2, 0.25) is 5.02 Å². The van der Waals surface area contributed by atoms with Gasteiger partial charge in [-0.1, -0.05) is 35.9 Å². The van der Waals surface area contributed by atoms with E-state index in [4.69, 9.17) is 21.1 Å². The van der Waals surface area contributed by atoms with Crippen LogP contribution in [0.3, 0.4) is 0 Å². The van der Waals surface area contributed by atoms with Crippen molar-refractivity contribution in [1.29, 1.82) is 0 Å². The summed E-state index contributed by atoms with van der Waals surface area (Å²) in [6, 6.07) is 21.5. The van der Waals surface area contributed by atoms with Gasteiger partial charge in [0.15, 0.2) is 0 Å². The third-order valence-corrected chi connectivity index (χ3v) is 7.11. The van der Waals surface area contributed by atoms with Crippen molar-refractivity contribution in [3.8, 4) is 11.5 Å². The van der Waals surface area contributed by atoms with Crippen molar-refractivity contribution < 1.29 is 14.3 Å². The van der Waals surface area contributed by atoms with E-state index in [1.54, 1.807) is 14.2 Å². The van der Waals surface area contributed by atoms with Gasteiger partial charge in [0.05, 0.1) is 36.9 Å². The summed E-state index contributed by atoms with van der Waals surface area (Å²) in [5, 5.41) is 3.85. The number of para-hydroxylation sites is 1. The standard InChI is InChI=1S/C27H28ClN3O3/c1-33-20-7-5-6-19(15-20)29-27(32)22-14-18-10-11-21(34-2)16-25(18)31-13-12-30(17-26(22)31)24-9-4-3-8-23(24)28/h3-11,15-16,22,26H,12-14,17H2,1-2H3,(H,29,32). The van der Waals surface area contributed by atoms with Crippen LogP contribution in [0.15, 0.2) is 66.7 Å². The van der Waals surface area contributed by atoms with E-state index in [2.05, 4.69) is 27.2 Å². The molecule has 0 saturated carbocycles. The van der Waals surface area contributed by atoms with Crippen molar-refractivity contribution in [1.82, 2.24) is 0 Å². The van der Waals surface area contributed by atoms with Crippen LogP contribution in [0.5, 0.6) is 11.5 Å². The highest BCUT2D eigenvalue weighted by molar-refractivity contribution is 6.33. The number of hydrogen-bond donors (Lipinski definition) is 1. The van der Waals surface area contributed by atoms with Gasteiger partial charge in [0.25, 0.3) is 0 Å². The molecule has 0 radical (unpaired) electrons. The molecule has 1 amide bonds. The molecule has 3 aromatic rings. The van der Waals surface area contributed by atoms with Crippen molar-refractivity contribution in [3.05, 3.63) is 77.3 Å². The summed E-state index contributed by atoms with van der Waals surface area (Å²) in [5.74, 6) is 1.32. The largest absolute Gasteiger partial charge is 0.497 e. The zero-order chi connectivity index (χ0) is 23.7. The third kappa shape index (κ3) is 4.26. The van der Waals surface area contributed by atoms with Crippen molar-refractivity contribution in [2.24, 2.45) is 5.92 Å². The minimum absolute atomic E-state index is 0.00441. The number of hydrogen-bond acceptors (Lipinski definition) is 5. The number of carbonyl (C=O) groups is 1. The third-order valence-electron chi connectivity index (χ3n) is 6.79. The van der Waals surface area contributed by atoms with E-state index in [-0.39, 0.29) is 17.9 Å². The molecule has 1 saturated heterocycles.